The lowest BCUT2D eigenvalue weighted by molar-refractivity contribution is -0.168. The van der Waals surface area contributed by atoms with Gasteiger partial charge in [0.1, 0.15) is 19.7 Å². The number of amides is 2. The Kier molecular flexibility index (Phi) is 7.37. The first kappa shape index (κ1) is 25.7. The number of hydrogen-bond acceptors (Lipinski definition) is 5. The maximum absolute atomic E-state index is 14.0. The van der Waals surface area contributed by atoms with Crippen molar-refractivity contribution < 1.29 is 24.2 Å². The highest BCUT2D eigenvalue weighted by Crippen LogP contribution is 2.43. The van der Waals surface area contributed by atoms with E-state index in [-0.39, 0.29) is 6.61 Å². The summed E-state index contributed by atoms with van der Waals surface area (Å²) in [6.07, 6.45) is -2.22. The summed E-state index contributed by atoms with van der Waals surface area (Å²) in [7, 11) is -1.85. The number of aliphatic hydroxyl groups is 1. The number of hydrogen-bond donors (Lipinski definition) is 1. The zero-order chi connectivity index (χ0) is 25.1. The first-order valence-corrected chi connectivity index (χ1v) is 14.9. The molecule has 0 bridgehead atoms. The van der Waals surface area contributed by atoms with E-state index in [9.17, 15) is 14.7 Å². The van der Waals surface area contributed by atoms with Crippen LogP contribution >= 0.6 is 0 Å². The van der Waals surface area contributed by atoms with Gasteiger partial charge in [-0.15, -0.1) is 5.54 Å². The van der Waals surface area contributed by atoms with Crippen LogP contribution in [0.4, 0.5) is 4.79 Å². The molecule has 0 saturated carbocycles. The molecular formula is C27H33NO5Si. The minimum atomic E-state index is -1.85. The van der Waals surface area contributed by atoms with Crippen LogP contribution in [0, 0.1) is 11.5 Å². The van der Waals surface area contributed by atoms with Gasteiger partial charge in [-0.1, -0.05) is 86.2 Å². The van der Waals surface area contributed by atoms with E-state index in [0.29, 0.717) is 0 Å². The summed E-state index contributed by atoms with van der Waals surface area (Å²) in [6.45, 7) is 11.2. The predicted molar refractivity (Wildman–Crippen MR) is 133 cm³/mol. The normalized spacial score (nSPS) is 20.0. The fourth-order valence-electron chi connectivity index (χ4n) is 3.86. The smallest absolute Gasteiger partial charge is 0.417 e. The summed E-state index contributed by atoms with van der Waals surface area (Å²) >= 11 is 0. The van der Waals surface area contributed by atoms with Crippen LogP contribution in [0.2, 0.25) is 19.6 Å². The molecule has 3 rings (SSSR count). The molecule has 180 valence electrons. The lowest BCUT2D eigenvalue weighted by atomic mass is 9.89. The number of nitrogens with zero attached hydrogens (tertiary/aromatic N) is 1. The fourth-order valence-corrected chi connectivity index (χ4v) is 4.43. The lowest BCUT2D eigenvalue weighted by Gasteiger charge is -2.36. The Hall–Kier alpha value is -2.92. The standard InChI is InChI=1S/C27H33NO5Si/c1-26(2)23(21-15-11-8-12-16-21)28(25(31)33-26)24(30)27(3,22(29)17-18-34(4,5)6)32-19-20-13-9-7-10-14-20/h7-16,22-23,29H,19H2,1-6H3/t22-,23-,27-/m1/s1. The van der Waals surface area contributed by atoms with Gasteiger partial charge < -0.3 is 14.6 Å². The number of rotatable bonds is 6. The molecule has 3 atom stereocenters. The molecule has 34 heavy (non-hydrogen) atoms. The number of carbonyl (C=O) groups is 2. The Morgan fingerprint density at radius 3 is 2.26 bits per heavy atom. The largest absolute Gasteiger partial charge is 0.440 e. The van der Waals surface area contributed by atoms with Crippen molar-refractivity contribution in [3.63, 3.8) is 0 Å². The van der Waals surface area contributed by atoms with Crippen molar-refractivity contribution in [2.24, 2.45) is 0 Å². The second-order valence-electron chi connectivity index (χ2n) is 10.3. The molecule has 1 aliphatic rings. The van der Waals surface area contributed by atoms with E-state index in [1.165, 1.54) is 6.92 Å². The van der Waals surface area contributed by atoms with Crippen molar-refractivity contribution in [3.8, 4) is 11.5 Å². The van der Waals surface area contributed by atoms with Crippen LogP contribution in [0.3, 0.4) is 0 Å². The summed E-state index contributed by atoms with van der Waals surface area (Å²) in [6, 6.07) is 17.9. The van der Waals surface area contributed by atoms with Crippen molar-refractivity contribution in [2.75, 3.05) is 0 Å². The van der Waals surface area contributed by atoms with Gasteiger partial charge in [0.15, 0.2) is 11.7 Å². The number of carbonyl (C=O) groups excluding carboxylic acids is 2. The van der Waals surface area contributed by atoms with E-state index >= 15 is 0 Å². The van der Waals surface area contributed by atoms with Gasteiger partial charge in [-0.2, -0.15) is 0 Å². The van der Waals surface area contributed by atoms with E-state index in [1.54, 1.807) is 13.8 Å². The maximum Gasteiger partial charge on any atom is 0.417 e. The van der Waals surface area contributed by atoms with Crippen LogP contribution in [0.5, 0.6) is 0 Å². The molecular weight excluding hydrogens is 446 g/mol. The zero-order valence-electron chi connectivity index (χ0n) is 20.7. The number of imide groups is 1. The number of ether oxygens (including phenoxy) is 2. The van der Waals surface area contributed by atoms with E-state index in [2.05, 4.69) is 11.5 Å². The van der Waals surface area contributed by atoms with Crippen molar-refractivity contribution in [1.82, 2.24) is 4.90 Å². The molecule has 0 spiro atoms. The predicted octanol–water partition coefficient (Wildman–Crippen LogP) is 4.70. The van der Waals surface area contributed by atoms with Gasteiger partial charge in [-0.05, 0) is 31.9 Å². The van der Waals surface area contributed by atoms with Crippen molar-refractivity contribution >= 4 is 20.1 Å². The summed E-state index contributed by atoms with van der Waals surface area (Å²) < 4.78 is 11.7. The highest BCUT2D eigenvalue weighted by molar-refractivity contribution is 6.83. The number of cyclic esters (lactones) is 1. The molecule has 7 heteroatoms. The van der Waals surface area contributed by atoms with Gasteiger partial charge >= 0.3 is 6.09 Å². The van der Waals surface area contributed by atoms with Crippen LogP contribution < -0.4 is 0 Å². The summed E-state index contributed by atoms with van der Waals surface area (Å²) in [5, 5.41) is 11.1. The topological polar surface area (TPSA) is 76.1 Å². The monoisotopic (exact) mass is 479 g/mol. The first-order chi connectivity index (χ1) is 15.8. The summed E-state index contributed by atoms with van der Waals surface area (Å²) in [5.74, 6) is 2.15. The molecule has 1 N–H and O–H groups in total. The molecule has 0 aromatic heterocycles. The van der Waals surface area contributed by atoms with E-state index in [4.69, 9.17) is 9.47 Å². The average molecular weight is 480 g/mol. The summed E-state index contributed by atoms with van der Waals surface area (Å²) in [5.41, 5.74) is 1.93. The van der Waals surface area contributed by atoms with Crippen molar-refractivity contribution in [2.45, 2.75) is 70.4 Å². The number of aliphatic hydroxyl groups excluding tert-OH is 1. The molecule has 2 amide bonds. The Labute approximate surface area is 202 Å². The van der Waals surface area contributed by atoms with Gasteiger partial charge in [0, 0.05) is 0 Å². The Morgan fingerprint density at radius 1 is 1.15 bits per heavy atom. The molecule has 0 radical (unpaired) electrons. The molecule has 0 aliphatic carbocycles. The molecule has 1 fully saturated rings. The molecule has 1 aliphatic heterocycles. The first-order valence-electron chi connectivity index (χ1n) is 11.4. The highest BCUT2D eigenvalue weighted by Gasteiger charge is 2.57. The van der Waals surface area contributed by atoms with Crippen LogP contribution in [-0.2, 0) is 20.9 Å². The quantitative estimate of drug-likeness (QED) is 0.480. The molecule has 6 nitrogen and oxygen atoms in total. The van der Waals surface area contributed by atoms with Crippen molar-refractivity contribution in [1.29, 1.82) is 0 Å². The maximum atomic E-state index is 14.0. The van der Waals surface area contributed by atoms with Crippen LogP contribution in [0.25, 0.3) is 0 Å². The highest BCUT2D eigenvalue weighted by atomic mass is 28.3. The third kappa shape index (κ3) is 5.58. The molecule has 2 aromatic rings. The van der Waals surface area contributed by atoms with Crippen molar-refractivity contribution in [3.05, 3.63) is 71.8 Å². The van der Waals surface area contributed by atoms with Gasteiger partial charge in [0.2, 0.25) is 0 Å². The average Bonchev–Trinajstić information content (AvgIpc) is 3.03. The minimum Gasteiger partial charge on any atom is -0.440 e. The Balaban J connectivity index is 2.03. The summed E-state index contributed by atoms with van der Waals surface area (Å²) in [4.78, 5) is 28.1. The third-order valence-corrected chi connectivity index (χ3v) is 6.60. The third-order valence-electron chi connectivity index (χ3n) is 5.71. The molecule has 0 unspecified atom stereocenters. The lowest BCUT2D eigenvalue weighted by Crippen LogP contribution is -2.56. The van der Waals surface area contributed by atoms with E-state index < -0.39 is 43.4 Å². The van der Waals surface area contributed by atoms with Gasteiger partial charge in [-0.3, -0.25) is 4.79 Å². The van der Waals surface area contributed by atoms with E-state index in [1.807, 2.05) is 80.3 Å². The second kappa shape index (κ2) is 9.75. The van der Waals surface area contributed by atoms with Gasteiger partial charge in [0.05, 0.1) is 6.61 Å². The fraction of sp³-hybridized carbons (Fsp3) is 0.407. The van der Waals surface area contributed by atoms with E-state index in [0.717, 1.165) is 16.0 Å². The van der Waals surface area contributed by atoms with Gasteiger partial charge in [-0.25, -0.2) is 9.69 Å². The minimum absolute atomic E-state index is 0.0665. The number of benzene rings is 2. The molecule has 1 saturated heterocycles. The molecule has 1 heterocycles. The van der Waals surface area contributed by atoms with Crippen LogP contribution in [0.15, 0.2) is 60.7 Å². The SMILES string of the molecule is CC1(C)OC(=O)N(C(=O)[C@](C)(OCc2ccccc2)[C@H](O)C#C[Si](C)(C)C)[C@@H]1c1ccccc1. The second-order valence-corrected chi connectivity index (χ2v) is 15.0. The Morgan fingerprint density at radius 2 is 1.71 bits per heavy atom. The Bertz CT molecular complexity index is 1080. The van der Waals surface area contributed by atoms with Gasteiger partial charge in [0.25, 0.3) is 5.91 Å². The van der Waals surface area contributed by atoms with Crippen LogP contribution in [-0.4, -0.2) is 47.4 Å². The van der Waals surface area contributed by atoms with Crippen LogP contribution in [0.1, 0.15) is 37.9 Å². The molecule has 2 aromatic carbocycles. The zero-order valence-corrected chi connectivity index (χ0v) is 21.7.